The van der Waals surface area contributed by atoms with Gasteiger partial charge in [-0.05, 0) is 51.9 Å². The molecule has 0 aromatic rings. The number of carboxylic acid groups (broad SMARTS) is 1. The number of nitrogens with zero attached hydrogens (tertiary/aromatic N) is 1. The highest BCUT2D eigenvalue weighted by Crippen LogP contribution is 2.48. The summed E-state index contributed by atoms with van der Waals surface area (Å²) in [6.45, 7) is 7.17. The molecule has 114 valence electrons. The van der Waals surface area contributed by atoms with Gasteiger partial charge in [-0.1, -0.05) is 0 Å². The van der Waals surface area contributed by atoms with Crippen LogP contribution in [0.25, 0.3) is 0 Å². The number of aliphatic carboxylic acids is 1. The number of amides is 1. The van der Waals surface area contributed by atoms with Crippen LogP contribution in [-0.2, 0) is 9.59 Å². The lowest BCUT2D eigenvalue weighted by Gasteiger charge is -2.32. The van der Waals surface area contributed by atoms with E-state index in [2.05, 4.69) is 5.32 Å². The zero-order valence-corrected chi connectivity index (χ0v) is 12.6. The van der Waals surface area contributed by atoms with Gasteiger partial charge in [0.05, 0.1) is 12.0 Å². The predicted molar refractivity (Wildman–Crippen MR) is 76.3 cm³/mol. The minimum Gasteiger partial charge on any atom is -0.481 e. The number of nitrogens with one attached hydrogen (secondary N) is 1. The molecule has 2 fully saturated rings. The molecule has 1 amide bonds. The van der Waals surface area contributed by atoms with Gasteiger partial charge in [-0.2, -0.15) is 0 Å². The van der Waals surface area contributed by atoms with Crippen LogP contribution in [0.1, 0.15) is 40.0 Å². The third-order valence-electron chi connectivity index (χ3n) is 5.09. The number of carboxylic acids is 1. The molecule has 20 heavy (non-hydrogen) atoms. The average molecular weight is 282 g/mol. The molecule has 2 saturated carbocycles. The second-order valence-electron chi connectivity index (χ2n) is 6.12. The Hall–Kier alpha value is -1.10. The molecule has 5 nitrogen and oxygen atoms in total. The highest BCUT2D eigenvalue weighted by atomic mass is 16.4. The first kappa shape index (κ1) is 15.3. The Morgan fingerprint density at radius 1 is 1.25 bits per heavy atom. The zero-order valence-electron chi connectivity index (χ0n) is 12.6. The van der Waals surface area contributed by atoms with Gasteiger partial charge in [0.25, 0.3) is 0 Å². The summed E-state index contributed by atoms with van der Waals surface area (Å²) in [6, 6.07) is -0.345. The number of rotatable bonds is 6. The molecule has 2 bridgehead atoms. The maximum atomic E-state index is 12.3. The lowest BCUT2D eigenvalue weighted by atomic mass is 9.84. The van der Waals surface area contributed by atoms with Gasteiger partial charge in [0, 0.05) is 19.1 Å². The van der Waals surface area contributed by atoms with Gasteiger partial charge in [-0.3, -0.25) is 9.59 Å². The third kappa shape index (κ3) is 2.68. The van der Waals surface area contributed by atoms with E-state index in [4.69, 9.17) is 0 Å². The zero-order chi connectivity index (χ0) is 14.9. The van der Waals surface area contributed by atoms with Crippen LogP contribution in [0.5, 0.6) is 0 Å². The third-order valence-corrected chi connectivity index (χ3v) is 5.09. The van der Waals surface area contributed by atoms with Gasteiger partial charge in [0.15, 0.2) is 0 Å². The minimum absolute atomic E-state index is 0.0410. The van der Waals surface area contributed by atoms with Crippen LogP contribution in [-0.4, -0.2) is 47.1 Å². The van der Waals surface area contributed by atoms with Crippen LogP contribution < -0.4 is 5.32 Å². The molecule has 2 aliphatic rings. The smallest absolute Gasteiger partial charge is 0.308 e. The van der Waals surface area contributed by atoms with Crippen molar-refractivity contribution >= 4 is 11.9 Å². The van der Waals surface area contributed by atoms with Crippen LogP contribution in [0.2, 0.25) is 0 Å². The molecule has 0 radical (unpaired) electrons. The van der Waals surface area contributed by atoms with Crippen molar-refractivity contribution in [1.29, 1.82) is 0 Å². The molecule has 5 heteroatoms. The summed E-state index contributed by atoms with van der Waals surface area (Å²) in [5, 5.41) is 12.7. The second kappa shape index (κ2) is 6.12. The van der Waals surface area contributed by atoms with E-state index in [0.29, 0.717) is 24.9 Å². The first-order valence-electron chi connectivity index (χ1n) is 7.77. The van der Waals surface area contributed by atoms with Crippen LogP contribution in [0.3, 0.4) is 0 Å². The fourth-order valence-electron chi connectivity index (χ4n) is 4.06. The molecular formula is C15H26N2O3. The van der Waals surface area contributed by atoms with Crippen molar-refractivity contribution in [2.75, 3.05) is 13.1 Å². The Kier molecular flexibility index (Phi) is 4.68. The van der Waals surface area contributed by atoms with Crippen molar-refractivity contribution in [2.24, 2.45) is 17.8 Å². The standard InChI is InChI=1S/C15H26N2O3/c1-4-17(5-2)14(18)9(3)16-13-11-7-6-10(8-11)12(13)15(19)20/h9-13,16H,4-8H2,1-3H3,(H,19,20). The Labute approximate surface area is 120 Å². The van der Waals surface area contributed by atoms with Gasteiger partial charge in [-0.15, -0.1) is 0 Å². The van der Waals surface area contributed by atoms with E-state index in [0.717, 1.165) is 19.3 Å². The Balaban J connectivity index is 2.01. The number of carbonyl (C=O) groups is 2. The van der Waals surface area contributed by atoms with E-state index in [-0.39, 0.29) is 23.9 Å². The molecule has 0 aromatic carbocycles. The maximum Gasteiger partial charge on any atom is 0.308 e. The van der Waals surface area contributed by atoms with E-state index < -0.39 is 5.97 Å². The quantitative estimate of drug-likeness (QED) is 0.771. The van der Waals surface area contributed by atoms with E-state index in [9.17, 15) is 14.7 Å². The summed E-state index contributed by atoms with van der Waals surface area (Å²) in [5.74, 6) is -0.237. The topological polar surface area (TPSA) is 69.6 Å². The summed E-state index contributed by atoms with van der Waals surface area (Å²) in [4.78, 5) is 25.5. The van der Waals surface area contributed by atoms with Crippen molar-refractivity contribution in [3.63, 3.8) is 0 Å². The van der Waals surface area contributed by atoms with E-state index in [1.807, 2.05) is 20.8 Å². The number of hydrogen-bond donors (Lipinski definition) is 2. The van der Waals surface area contributed by atoms with Crippen molar-refractivity contribution in [1.82, 2.24) is 10.2 Å². The van der Waals surface area contributed by atoms with E-state index in [1.165, 1.54) is 0 Å². The first-order chi connectivity index (χ1) is 9.49. The Bertz CT molecular complexity index is 381. The van der Waals surface area contributed by atoms with Gasteiger partial charge < -0.3 is 15.3 Å². The monoisotopic (exact) mass is 282 g/mol. The van der Waals surface area contributed by atoms with Crippen molar-refractivity contribution in [3.8, 4) is 0 Å². The maximum absolute atomic E-state index is 12.3. The van der Waals surface area contributed by atoms with Crippen LogP contribution in [0.15, 0.2) is 0 Å². The minimum atomic E-state index is -0.711. The molecule has 5 unspecified atom stereocenters. The molecule has 2 N–H and O–H groups in total. The fraction of sp³-hybridized carbons (Fsp3) is 0.867. The molecule has 0 aromatic heterocycles. The summed E-state index contributed by atoms with van der Waals surface area (Å²) in [5.41, 5.74) is 0. The summed E-state index contributed by atoms with van der Waals surface area (Å²) in [6.07, 6.45) is 3.12. The van der Waals surface area contributed by atoms with Crippen molar-refractivity contribution in [2.45, 2.75) is 52.1 Å². The van der Waals surface area contributed by atoms with Gasteiger partial charge in [0.2, 0.25) is 5.91 Å². The average Bonchev–Trinajstić information content (AvgIpc) is 3.00. The SMILES string of the molecule is CCN(CC)C(=O)C(C)NC1C2CCC(C2)C1C(=O)O. The van der Waals surface area contributed by atoms with Crippen LogP contribution in [0, 0.1) is 17.8 Å². The van der Waals surface area contributed by atoms with Crippen molar-refractivity contribution in [3.05, 3.63) is 0 Å². The Morgan fingerprint density at radius 3 is 2.40 bits per heavy atom. The van der Waals surface area contributed by atoms with E-state index >= 15 is 0 Å². The number of likely N-dealkylation sites (N-methyl/N-ethyl adjacent to an activating group) is 1. The lowest BCUT2D eigenvalue weighted by Crippen LogP contribution is -2.53. The van der Waals surface area contributed by atoms with Gasteiger partial charge in [-0.25, -0.2) is 0 Å². The fourth-order valence-corrected chi connectivity index (χ4v) is 4.06. The highest BCUT2D eigenvalue weighted by molar-refractivity contribution is 5.81. The van der Waals surface area contributed by atoms with E-state index in [1.54, 1.807) is 4.90 Å². The molecular weight excluding hydrogens is 256 g/mol. The lowest BCUT2D eigenvalue weighted by molar-refractivity contribution is -0.145. The molecule has 0 spiro atoms. The number of carbonyl (C=O) groups excluding carboxylic acids is 1. The molecule has 2 aliphatic carbocycles. The van der Waals surface area contributed by atoms with Gasteiger partial charge in [0.1, 0.15) is 0 Å². The van der Waals surface area contributed by atoms with Crippen LogP contribution in [0.4, 0.5) is 0 Å². The molecule has 0 saturated heterocycles. The molecule has 2 rings (SSSR count). The molecule has 5 atom stereocenters. The largest absolute Gasteiger partial charge is 0.481 e. The molecule has 0 aliphatic heterocycles. The predicted octanol–water partition coefficient (Wildman–Crippen LogP) is 1.33. The second-order valence-corrected chi connectivity index (χ2v) is 6.12. The van der Waals surface area contributed by atoms with Crippen molar-refractivity contribution < 1.29 is 14.7 Å². The highest BCUT2D eigenvalue weighted by Gasteiger charge is 2.51. The normalized spacial score (nSPS) is 33.1. The summed E-state index contributed by atoms with van der Waals surface area (Å²) < 4.78 is 0. The summed E-state index contributed by atoms with van der Waals surface area (Å²) >= 11 is 0. The molecule has 0 heterocycles. The number of fused-ring (bicyclic) bond motifs is 2. The Morgan fingerprint density at radius 2 is 1.85 bits per heavy atom. The van der Waals surface area contributed by atoms with Crippen LogP contribution >= 0.6 is 0 Å². The van der Waals surface area contributed by atoms with Gasteiger partial charge >= 0.3 is 5.97 Å². The number of hydrogen-bond acceptors (Lipinski definition) is 3. The first-order valence-corrected chi connectivity index (χ1v) is 7.77. The summed E-state index contributed by atoms with van der Waals surface area (Å²) in [7, 11) is 0.